The van der Waals surface area contributed by atoms with Crippen molar-refractivity contribution in [3.05, 3.63) is 66.7 Å². The van der Waals surface area contributed by atoms with Crippen molar-refractivity contribution in [2.45, 2.75) is 30.0 Å². The number of carbonyl (C=O) groups excluding carboxylic acids is 1. The highest BCUT2D eigenvalue weighted by atomic mass is 32.2. The molecule has 4 rings (SSSR count). The molecule has 5 nitrogen and oxygen atoms in total. The van der Waals surface area contributed by atoms with Gasteiger partial charge in [-0.25, -0.2) is 9.67 Å². The average molecular weight is 350 g/mol. The molecule has 0 radical (unpaired) electrons. The minimum absolute atomic E-state index is 0.0658. The number of para-hydroxylation sites is 2. The van der Waals surface area contributed by atoms with Crippen molar-refractivity contribution in [3.8, 4) is 5.69 Å². The van der Waals surface area contributed by atoms with Crippen molar-refractivity contribution < 1.29 is 4.79 Å². The van der Waals surface area contributed by atoms with Crippen LogP contribution in [0.25, 0.3) is 5.69 Å². The van der Waals surface area contributed by atoms with E-state index in [2.05, 4.69) is 30.0 Å². The topological polar surface area (TPSA) is 51.0 Å². The molecular formula is C19H18N4OS. The standard InChI is InChI=1S/C19H18N4OS/c1-13-14(2)25-17-11-7-6-10-16(17)23(13)19(24)18-20-12-22(21-18)15-8-4-3-5-9-15/h3-14H,1-2H3. The molecule has 0 fully saturated rings. The van der Waals surface area contributed by atoms with Crippen LogP contribution >= 0.6 is 11.8 Å². The highest BCUT2D eigenvalue weighted by Gasteiger charge is 2.35. The lowest BCUT2D eigenvalue weighted by Crippen LogP contribution is -2.46. The fraction of sp³-hybridized carbons (Fsp3) is 0.211. The van der Waals surface area contributed by atoms with Crippen molar-refractivity contribution in [2.24, 2.45) is 0 Å². The summed E-state index contributed by atoms with van der Waals surface area (Å²) in [5, 5.41) is 4.70. The molecule has 1 amide bonds. The van der Waals surface area contributed by atoms with Gasteiger partial charge in [0.25, 0.3) is 5.91 Å². The maximum Gasteiger partial charge on any atom is 0.298 e. The van der Waals surface area contributed by atoms with Gasteiger partial charge < -0.3 is 4.90 Å². The largest absolute Gasteiger partial charge is 0.301 e. The van der Waals surface area contributed by atoms with Gasteiger partial charge in [-0.05, 0) is 31.2 Å². The first-order chi connectivity index (χ1) is 12.1. The van der Waals surface area contributed by atoms with Crippen molar-refractivity contribution >= 4 is 23.4 Å². The highest BCUT2D eigenvalue weighted by Crippen LogP contribution is 2.41. The number of fused-ring (bicyclic) bond motifs is 1. The van der Waals surface area contributed by atoms with Crippen LogP contribution in [0.15, 0.2) is 65.8 Å². The predicted molar refractivity (Wildman–Crippen MR) is 99.4 cm³/mol. The zero-order valence-corrected chi connectivity index (χ0v) is 14.9. The molecule has 0 bridgehead atoms. The maximum atomic E-state index is 13.1. The molecule has 0 aliphatic carbocycles. The fourth-order valence-corrected chi connectivity index (χ4v) is 4.12. The lowest BCUT2D eigenvalue weighted by atomic mass is 10.1. The quantitative estimate of drug-likeness (QED) is 0.705. The fourth-order valence-electron chi connectivity index (χ4n) is 2.95. The molecule has 1 aliphatic heterocycles. The maximum absolute atomic E-state index is 13.1. The van der Waals surface area contributed by atoms with Gasteiger partial charge in [0, 0.05) is 16.2 Å². The van der Waals surface area contributed by atoms with Gasteiger partial charge in [0.05, 0.1) is 11.4 Å². The van der Waals surface area contributed by atoms with Crippen LogP contribution in [0.3, 0.4) is 0 Å². The SMILES string of the molecule is CC1Sc2ccccc2N(C(=O)c2ncn(-c3ccccc3)n2)C1C. The van der Waals surface area contributed by atoms with Gasteiger partial charge >= 0.3 is 0 Å². The number of carbonyl (C=O) groups is 1. The van der Waals surface area contributed by atoms with Crippen LogP contribution in [0.1, 0.15) is 24.5 Å². The van der Waals surface area contributed by atoms with Crippen LogP contribution < -0.4 is 4.90 Å². The zero-order chi connectivity index (χ0) is 17.4. The number of rotatable bonds is 2. The van der Waals surface area contributed by atoms with E-state index in [9.17, 15) is 4.79 Å². The van der Waals surface area contributed by atoms with Crippen LogP contribution in [-0.4, -0.2) is 32.0 Å². The van der Waals surface area contributed by atoms with Gasteiger partial charge in [-0.2, -0.15) is 0 Å². The Kier molecular flexibility index (Phi) is 4.05. The van der Waals surface area contributed by atoms with Gasteiger partial charge in [0.15, 0.2) is 0 Å². The number of nitrogens with zero attached hydrogens (tertiary/aromatic N) is 4. The van der Waals surface area contributed by atoms with Gasteiger partial charge in [-0.3, -0.25) is 4.79 Å². The minimum atomic E-state index is -0.165. The molecule has 126 valence electrons. The normalized spacial score (nSPS) is 19.5. The smallest absolute Gasteiger partial charge is 0.298 e. The molecule has 3 aromatic rings. The molecule has 2 aromatic carbocycles. The second-order valence-corrected chi connectivity index (χ2v) is 7.47. The molecule has 0 spiro atoms. The Morgan fingerprint density at radius 3 is 2.56 bits per heavy atom. The van der Waals surface area contributed by atoms with Crippen LogP contribution in [0, 0.1) is 0 Å². The number of hydrogen-bond donors (Lipinski definition) is 0. The van der Waals surface area contributed by atoms with E-state index in [1.54, 1.807) is 22.8 Å². The van der Waals surface area contributed by atoms with Crippen LogP contribution in [0.4, 0.5) is 5.69 Å². The van der Waals surface area contributed by atoms with Crippen LogP contribution in [0.2, 0.25) is 0 Å². The Hall–Kier alpha value is -2.60. The lowest BCUT2D eigenvalue weighted by molar-refractivity contribution is 0.0967. The van der Waals surface area contributed by atoms with Crippen molar-refractivity contribution in [1.29, 1.82) is 0 Å². The molecule has 1 aromatic heterocycles. The summed E-state index contributed by atoms with van der Waals surface area (Å²) in [4.78, 5) is 20.3. The van der Waals surface area contributed by atoms with Crippen LogP contribution in [0.5, 0.6) is 0 Å². The van der Waals surface area contributed by atoms with E-state index in [0.29, 0.717) is 5.25 Å². The second-order valence-electron chi connectivity index (χ2n) is 6.05. The molecule has 2 unspecified atom stereocenters. The van der Waals surface area contributed by atoms with Gasteiger partial charge in [0.1, 0.15) is 6.33 Å². The zero-order valence-electron chi connectivity index (χ0n) is 14.0. The van der Waals surface area contributed by atoms with Gasteiger partial charge in [-0.15, -0.1) is 16.9 Å². The molecule has 1 aliphatic rings. The summed E-state index contributed by atoms with van der Waals surface area (Å²) in [6, 6.07) is 17.7. The predicted octanol–water partition coefficient (Wildman–Crippen LogP) is 3.80. The number of amides is 1. The van der Waals surface area contributed by atoms with Crippen molar-refractivity contribution in [3.63, 3.8) is 0 Å². The van der Waals surface area contributed by atoms with E-state index in [1.165, 1.54) is 0 Å². The molecular weight excluding hydrogens is 332 g/mol. The number of benzene rings is 2. The van der Waals surface area contributed by atoms with E-state index < -0.39 is 0 Å². The van der Waals surface area contributed by atoms with Gasteiger partial charge in [0.2, 0.25) is 5.82 Å². The first kappa shape index (κ1) is 15.9. The summed E-state index contributed by atoms with van der Waals surface area (Å²) >= 11 is 1.80. The molecule has 25 heavy (non-hydrogen) atoms. The van der Waals surface area contributed by atoms with E-state index in [1.807, 2.05) is 53.4 Å². The summed E-state index contributed by atoms with van der Waals surface area (Å²) in [7, 11) is 0. The first-order valence-electron chi connectivity index (χ1n) is 8.21. The van der Waals surface area contributed by atoms with E-state index in [-0.39, 0.29) is 17.8 Å². The first-order valence-corrected chi connectivity index (χ1v) is 9.09. The van der Waals surface area contributed by atoms with Crippen molar-refractivity contribution in [2.75, 3.05) is 4.90 Å². The number of thioether (sulfide) groups is 1. The number of hydrogen-bond acceptors (Lipinski definition) is 4. The Morgan fingerprint density at radius 2 is 1.76 bits per heavy atom. The molecule has 0 saturated carbocycles. The Morgan fingerprint density at radius 1 is 1.04 bits per heavy atom. The third kappa shape index (κ3) is 2.82. The van der Waals surface area contributed by atoms with E-state index in [0.717, 1.165) is 16.3 Å². The number of aromatic nitrogens is 3. The number of anilines is 1. The summed E-state index contributed by atoms with van der Waals surface area (Å²) < 4.78 is 1.63. The molecule has 6 heteroatoms. The molecule has 2 heterocycles. The van der Waals surface area contributed by atoms with Crippen LogP contribution in [-0.2, 0) is 0 Å². The molecule has 0 saturated heterocycles. The summed E-state index contributed by atoms with van der Waals surface area (Å²) in [6.45, 7) is 4.21. The second kappa shape index (κ2) is 6.37. The Balaban J connectivity index is 1.70. The molecule has 2 atom stereocenters. The Bertz CT molecular complexity index is 909. The van der Waals surface area contributed by atoms with E-state index >= 15 is 0 Å². The highest BCUT2D eigenvalue weighted by molar-refractivity contribution is 8.00. The monoisotopic (exact) mass is 350 g/mol. The summed E-state index contributed by atoms with van der Waals surface area (Å²) in [5.41, 5.74) is 1.81. The van der Waals surface area contributed by atoms with Gasteiger partial charge in [-0.1, -0.05) is 37.3 Å². The average Bonchev–Trinajstić information content (AvgIpc) is 3.13. The third-order valence-corrected chi connectivity index (χ3v) is 5.81. The third-order valence-electron chi connectivity index (χ3n) is 4.45. The lowest BCUT2D eigenvalue weighted by Gasteiger charge is -2.38. The van der Waals surface area contributed by atoms with E-state index in [4.69, 9.17) is 0 Å². The summed E-state index contributed by atoms with van der Waals surface area (Å²) in [5.74, 6) is 0.0476. The van der Waals surface area contributed by atoms with Crippen molar-refractivity contribution in [1.82, 2.24) is 14.8 Å². The summed E-state index contributed by atoms with van der Waals surface area (Å²) in [6.07, 6.45) is 1.58. The Labute approximate surface area is 150 Å². The minimum Gasteiger partial charge on any atom is -0.301 e. The molecule has 0 N–H and O–H groups in total.